The summed E-state index contributed by atoms with van der Waals surface area (Å²) in [6.07, 6.45) is 1.66. The molecule has 0 radical (unpaired) electrons. The van der Waals surface area contributed by atoms with Crippen LogP contribution in [-0.2, 0) is 6.42 Å². The van der Waals surface area contributed by atoms with E-state index in [9.17, 15) is 4.79 Å². The Hall–Kier alpha value is -2.98. The molecular weight excluding hydrogens is 384 g/mol. The van der Waals surface area contributed by atoms with Gasteiger partial charge in [0.15, 0.2) is 0 Å². The molecule has 1 aliphatic heterocycles. The number of amides is 1. The first kappa shape index (κ1) is 19.3. The zero-order chi connectivity index (χ0) is 20.4. The molecule has 0 aromatic heterocycles. The van der Waals surface area contributed by atoms with Gasteiger partial charge in [0.2, 0.25) is 0 Å². The Morgan fingerprint density at radius 1 is 1.03 bits per heavy atom. The zero-order valence-electron chi connectivity index (χ0n) is 16.5. The Kier molecular flexibility index (Phi) is 5.45. The molecule has 3 aromatic rings. The van der Waals surface area contributed by atoms with Crippen molar-refractivity contribution in [1.29, 1.82) is 0 Å². The minimum absolute atomic E-state index is 0.0605. The Labute approximate surface area is 176 Å². The molecule has 29 heavy (non-hydrogen) atoms. The van der Waals surface area contributed by atoms with E-state index in [1.54, 1.807) is 18.1 Å². The molecule has 4 rings (SSSR count). The van der Waals surface area contributed by atoms with Gasteiger partial charge in [-0.25, -0.2) is 0 Å². The van der Waals surface area contributed by atoms with Crippen molar-refractivity contribution in [3.8, 4) is 5.75 Å². The second kappa shape index (κ2) is 8.18. The lowest BCUT2D eigenvalue weighted by atomic mass is 10.0. The highest BCUT2D eigenvalue weighted by molar-refractivity contribution is 6.32. The molecule has 1 aliphatic rings. The molecule has 0 aliphatic carbocycles. The van der Waals surface area contributed by atoms with Crippen LogP contribution in [0.15, 0.2) is 66.7 Å². The number of methoxy groups -OCH3 is 1. The molecule has 0 fully saturated rings. The minimum Gasteiger partial charge on any atom is -0.495 e. The van der Waals surface area contributed by atoms with Gasteiger partial charge in [-0.15, -0.1) is 0 Å². The average Bonchev–Trinajstić information content (AvgIpc) is 2.74. The number of rotatable bonds is 5. The second-order valence-electron chi connectivity index (χ2n) is 7.05. The molecule has 1 amide bonds. The van der Waals surface area contributed by atoms with Crippen LogP contribution in [0.2, 0.25) is 5.02 Å². The Morgan fingerprint density at radius 3 is 2.52 bits per heavy atom. The Morgan fingerprint density at radius 2 is 1.79 bits per heavy atom. The van der Waals surface area contributed by atoms with Gasteiger partial charge in [0, 0.05) is 16.9 Å². The molecule has 5 heteroatoms. The first-order chi connectivity index (χ1) is 14.1. The smallest absolute Gasteiger partial charge is 0.262 e. The number of carbonyl (C=O) groups is 1. The molecule has 1 unspecified atom stereocenters. The molecule has 148 valence electrons. The monoisotopic (exact) mass is 406 g/mol. The maximum absolute atomic E-state index is 13.5. The van der Waals surface area contributed by atoms with E-state index in [0.717, 1.165) is 29.8 Å². The van der Waals surface area contributed by atoms with Crippen LogP contribution in [0.1, 0.15) is 41.0 Å². The fourth-order valence-corrected chi connectivity index (χ4v) is 4.06. The maximum atomic E-state index is 13.5. The molecule has 1 heterocycles. The third-order valence-electron chi connectivity index (χ3n) is 5.18. The number of hydrogen-bond donors (Lipinski definition) is 1. The second-order valence-corrected chi connectivity index (χ2v) is 7.45. The Balaban J connectivity index is 1.85. The lowest BCUT2D eigenvalue weighted by Crippen LogP contribution is -2.43. The summed E-state index contributed by atoms with van der Waals surface area (Å²) < 4.78 is 5.58. The van der Waals surface area contributed by atoms with Crippen LogP contribution < -0.4 is 15.0 Å². The van der Waals surface area contributed by atoms with E-state index in [-0.39, 0.29) is 5.91 Å². The highest BCUT2D eigenvalue weighted by Gasteiger charge is 2.35. The van der Waals surface area contributed by atoms with E-state index < -0.39 is 6.17 Å². The lowest BCUT2D eigenvalue weighted by Gasteiger charge is -2.38. The van der Waals surface area contributed by atoms with Gasteiger partial charge in [-0.2, -0.15) is 0 Å². The number of ether oxygens (including phenoxy) is 1. The molecule has 1 N–H and O–H groups in total. The molecule has 4 nitrogen and oxygen atoms in total. The van der Waals surface area contributed by atoms with Crippen molar-refractivity contribution in [2.45, 2.75) is 25.9 Å². The van der Waals surface area contributed by atoms with Crippen molar-refractivity contribution in [3.63, 3.8) is 0 Å². The third-order valence-corrected chi connectivity index (χ3v) is 5.47. The Bertz CT molecular complexity index is 1030. The van der Waals surface area contributed by atoms with Gasteiger partial charge in [-0.1, -0.05) is 61.3 Å². The van der Waals surface area contributed by atoms with Crippen molar-refractivity contribution in [1.82, 2.24) is 0 Å². The van der Waals surface area contributed by atoms with Gasteiger partial charge in [0.25, 0.3) is 5.91 Å². The summed E-state index contributed by atoms with van der Waals surface area (Å²) in [5.41, 5.74) is 4.32. The largest absolute Gasteiger partial charge is 0.495 e. The summed E-state index contributed by atoms with van der Waals surface area (Å²) >= 11 is 6.38. The van der Waals surface area contributed by atoms with Crippen molar-refractivity contribution < 1.29 is 9.53 Å². The maximum Gasteiger partial charge on any atom is 0.262 e. The number of benzene rings is 3. The van der Waals surface area contributed by atoms with Crippen LogP contribution in [0, 0.1) is 0 Å². The molecule has 0 saturated carbocycles. The van der Waals surface area contributed by atoms with E-state index in [0.29, 0.717) is 16.3 Å². The van der Waals surface area contributed by atoms with Crippen molar-refractivity contribution in [2.24, 2.45) is 0 Å². The third kappa shape index (κ3) is 3.56. The number of anilines is 2. The fourth-order valence-electron chi connectivity index (χ4n) is 3.81. The number of carbonyl (C=O) groups excluding carboxylic acids is 1. The van der Waals surface area contributed by atoms with E-state index in [4.69, 9.17) is 16.3 Å². The van der Waals surface area contributed by atoms with Crippen molar-refractivity contribution in [2.75, 3.05) is 17.3 Å². The summed E-state index contributed by atoms with van der Waals surface area (Å²) in [6.45, 7) is 2.16. The molecule has 0 saturated heterocycles. The molecule has 0 spiro atoms. The van der Waals surface area contributed by atoms with Crippen molar-refractivity contribution in [3.05, 3.63) is 88.4 Å². The van der Waals surface area contributed by atoms with Gasteiger partial charge >= 0.3 is 0 Å². The van der Waals surface area contributed by atoms with Gasteiger partial charge < -0.3 is 10.1 Å². The van der Waals surface area contributed by atoms with Crippen LogP contribution in [-0.4, -0.2) is 13.0 Å². The number of halogens is 1. The van der Waals surface area contributed by atoms with E-state index in [1.165, 1.54) is 5.56 Å². The summed E-state index contributed by atoms with van der Waals surface area (Å²) in [7, 11) is 1.59. The van der Waals surface area contributed by atoms with Crippen molar-refractivity contribution >= 4 is 28.9 Å². The fraction of sp³-hybridized carbons (Fsp3) is 0.208. The highest BCUT2D eigenvalue weighted by Crippen LogP contribution is 2.41. The molecule has 1 atom stereocenters. The molecular formula is C24H23ClN2O2. The average molecular weight is 407 g/mol. The van der Waals surface area contributed by atoms with Gasteiger partial charge in [-0.3, -0.25) is 9.69 Å². The summed E-state index contributed by atoms with van der Waals surface area (Å²) in [4.78, 5) is 15.3. The van der Waals surface area contributed by atoms with Crippen LogP contribution >= 0.6 is 11.6 Å². The number of nitrogens with zero attached hydrogens (tertiary/aromatic N) is 1. The molecule has 0 bridgehead atoms. The van der Waals surface area contributed by atoms with Crippen LogP contribution in [0.5, 0.6) is 5.75 Å². The normalized spacial score (nSPS) is 15.6. The lowest BCUT2D eigenvalue weighted by molar-refractivity contribution is 0.0974. The predicted molar refractivity (Wildman–Crippen MR) is 118 cm³/mol. The van der Waals surface area contributed by atoms with Gasteiger partial charge in [0.05, 0.1) is 17.7 Å². The SMILES string of the molecule is CCCc1ccc(N2C(=O)c3ccccc3NC2c2cccc(Cl)c2OC)cc1. The molecule has 3 aromatic carbocycles. The van der Waals surface area contributed by atoms with Gasteiger partial charge in [0.1, 0.15) is 11.9 Å². The van der Waals surface area contributed by atoms with Gasteiger partial charge in [-0.05, 0) is 42.3 Å². The summed E-state index contributed by atoms with van der Waals surface area (Å²) in [5, 5.41) is 4.01. The van der Waals surface area contributed by atoms with Crippen LogP contribution in [0.3, 0.4) is 0 Å². The predicted octanol–water partition coefficient (Wildman–Crippen LogP) is 6.07. The van der Waals surface area contributed by atoms with E-state index in [2.05, 4.69) is 24.4 Å². The first-order valence-electron chi connectivity index (χ1n) is 9.74. The number of fused-ring (bicyclic) bond motifs is 1. The van der Waals surface area contributed by atoms with E-state index in [1.807, 2.05) is 48.5 Å². The minimum atomic E-state index is -0.442. The van der Waals surface area contributed by atoms with Crippen LogP contribution in [0.25, 0.3) is 0 Å². The van der Waals surface area contributed by atoms with E-state index >= 15 is 0 Å². The zero-order valence-corrected chi connectivity index (χ0v) is 17.2. The quantitative estimate of drug-likeness (QED) is 0.558. The number of para-hydroxylation sites is 2. The summed E-state index contributed by atoms with van der Waals surface area (Å²) in [6, 6.07) is 21.3. The standard InChI is InChI=1S/C24H23ClN2O2/c1-3-7-16-12-14-17(15-13-16)27-23(19-9-6-10-20(25)22(19)29-2)26-21-11-5-4-8-18(21)24(27)28/h4-6,8-15,23,26H,3,7H2,1-2H3. The number of aryl methyl sites for hydroxylation is 1. The van der Waals surface area contributed by atoms with Crippen LogP contribution in [0.4, 0.5) is 11.4 Å². The first-order valence-corrected chi connectivity index (χ1v) is 10.1. The number of nitrogens with one attached hydrogen (secondary N) is 1. The number of hydrogen-bond acceptors (Lipinski definition) is 3. The highest BCUT2D eigenvalue weighted by atomic mass is 35.5. The topological polar surface area (TPSA) is 41.6 Å². The summed E-state index contributed by atoms with van der Waals surface area (Å²) in [5.74, 6) is 0.501.